The number of nitrogens with zero attached hydrogens (tertiary/aromatic N) is 4. The molecule has 0 unspecified atom stereocenters. The summed E-state index contributed by atoms with van der Waals surface area (Å²) in [6, 6.07) is 38.2. The number of ether oxygens (including phenoxy) is 2. The molecule has 5 aromatic carbocycles. The van der Waals surface area contributed by atoms with Gasteiger partial charge in [0.2, 0.25) is 5.90 Å². The maximum atomic E-state index is 14.8. The van der Waals surface area contributed by atoms with Gasteiger partial charge in [0.15, 0.2) is 11.6 Å². The SMILES string of the molecule is [N-]=[N+]=NCc1ccccc1C[C@@]1(C(=O)NCCc2ccc(Cl)cc2Cl)N=C(c2ccc(OCCCO)cc2)O[C@@H]1c1ccc(-c2ccccc2)cc1. The molecule has 6 rings (SSSR count). The van der Waals surface area contributed by atoms with Crippen LogP contribution >= 0.6 is 23.2 Å². The van der Waals surface area contributed by atoms with Gasteiger partial charge < -0.3 is 19.9 Å². The van der Waals surface area contributed by atoms with Crippen molar-refractivity contribution < 1.29 is 19.4 Å². The summed E-state index contributed by atoms with van der Waals surface area (Å²) >= 11 is 12.6. The number of carbonyl (C=O) groups is 1. The van der Waals surface area contributed by atoms with Crippen molar-refractivity contribution in [2.24, 2.45) is 10.1 Å². The Morgan fingerprint density at radius 1 is 0.885 bits per heavy atom. The van der Waals surface area contributed by atoms with Crippen LogP contribution in [-0.2, 0) is 28.9 Å². The van der Waals surface area contributed by atoms with Gasteiger partial charge in [0.05, 0.1) is 13.2 Å². The van der Waals surface area contributed by atoms with Crippen molar-refractivity contribution in [2.75, 3.05) is 19.8 Å². The van der Waals surface area contributed by atoms with Crippen molar-refractivity contribution in [2.45, 2.75) is 37.5 Å². The molecule has 1 aliphatic heterocycles. The molecule has 0 radical (unpaired) electrons. The first-order chi connectivity index (χ1) is 25.4. The fourth-order valence-corrected chi connectivity index (χ4v) is 6.74. The van der Waals surface area contributed by atoms with Crippen LogP contribution in [0.1, 0.15) is 40.3 Å². The van der Waals surface area contributed by atoms with Crippen molar-refractivity contribution in [3.05, 3.63) is 170 Å². The van der Waals surface area contributed by atoms with Crippen LogP contribution in [0.5, 0.6) is 5.75 Å². The minimum absolute atomic E-state index is 0.0410. The zero-order valence-corrected chi connectivity index (χ0v) is 29.8. The number of hydrogen-bond donors (Lipinski definition) is 2. The molecule has 0 aromatic heterocycles. The number of benzene rings is 5. The highest BCUT2D eigenvalue weighted by Crippen LogP contribution is 2.43. The van der Waals surface area contributed by atoms with Crippen molar-refractivity contribution in [3.8, 4) is 16.9 Å². The van der Waals surface area contributed by atoms with E-state index in [2.05, 4.69) is 15.3 Å². The second-order valence-electron chi connectivity index (χ2n) is 12.4. The molecule has 1 heterocycles. The first-order valence-corrected chi connectivity index (χ1v) is 17.7. The van der Waals surface area contributed by atoms with E-state index in [9.17, 15) is 4.79 Å². The fraction of sp³-hybridized carbons (Fsp3) is 0.220. The lowest BCUT2D eigenvalue weighted by molar-refractivity contribution is -0.128. The lowest BCUT2D eigenvalue weighted by Crippen LogP contribution is -2.50. The fourth-order valence-electron chi connectivity index (χ4n) is 6.23. The molecule has 0 saturated carbocycles. The molecule has 2 atom stereocenters. The minimum atomic E-state index is -1.46. The molecule has 1 aliphatic rings. The zero-order chi connectivity index (χ0) is 36.3. The highest BCUT2D eigenvalue weighted by atomic mass is 35.5. The Kier molecular flexibility index (Phi) is 12.1. The Hall–Kier alpha value is -5.31. The largest absolute Gasteiger partial charge is 0.494 e. The third-order valence-corrected chi connectivity index (χ3v) is 9.52. The number of amides is 1. The molecule has 11 heteroatoms. The van der Waals surface area contributed by atoms with Crippen LogP contribution in [0.2, 0.25) is 10.0 Å². The van der Waals surface area contributed by atoms with Gasteiger partial charge in [-0.2, -0.15) is 0 Å². The van der Waals surface area contributed by atoms with Gasteiger partial charge in [-0.3, -0.25) is 4.79 Å². The predicted octanol–water partition coefficient (Wildman–Crippen LogP) is 9.09. The smallest absolute Gasteiger partial charge is 0.252 e. The molecule has 5 aromatic rings. The van der Waals surface area contributed by atoms with Gasteiger partial charge in [0, 0.05) is 46.5 Å². The average molecular weight is 735 g/mol. The van der Waals surface area contributed by atoms with Crippen LogP contribution in [0.4, 0.5) is 0 Å². The molecule has 52 heavy (non-hydrogen) atoms. The normalized spacial score (nSPS) is 16.4. The second kappa shape index (κ2) is 17.3. The summed E-state index contributed by atoms with van der Waals surface area (Å²) in [6.45, 7) is 0.825. The number of halogens is 2. The van der Waals surface area contributed by atoms with Gasteiger partial charge in [0.1, 0.15) is 5.75 Å². The Bertz CT molecular complexity index is 2070. The second-order valence-corrected chi connectivity index (χ2v) is 13.2. The van der Waals surface area contributed by atoms with Crippen LogP contribution in [0.15, 0.2) is 131 Å². The van der Waals surface area contributed by atoms with E-state index in [1.807, 2.05) is 109 Å². The summed E-state index contributed by atoms with van der Waals surface area (Å²) in [5.41, 5.74) is 13.6. The van der Waals surface area contributed by atoms with Gasteiger partial charge in [-0.25, -0.2) is 4.99 Å². The first kappa shape index (κ1) is 36.5. The highest BCUT2D eigenvalue weighted by Gasteiger charge is 2.53. The van der Waals surface area contributed by atoms with E-state index in [1.54, 1.807) is 12.1 Å². The highest BCUT2D eigenvalue weighted by molar-refractivity contribution is 6.35. The van der Waals surface area contributed by atoms with E-state index in [-0.39, 0.29) is 32.0 Å². The van der Waals surface area contributed by atoms with E-state index < -0.39 is 11.6 Å². The minimum Gasteiger partial charge on any atom is -0.494 e. The number of aliphatic hydroxyl groups excluding tert-OH is 1. The zero-order valence-electron chi connectivity index (χ0n) is 28.3. The van der Waals surface area contributed by atoms with E-state index in [4.69, 9.17) is 48.3 Å². The van der Waals surface area contributed by atoms with E-state index in [0.29, 0.717) is 46.7 Å². The van der Waals surface area contributed by atoms with Gasteiger partial charge in [-0.15, -0.1) is 0 Å². The molecule has 0 spiro atoms. The molecule has 1 amide bonds. The predicted molar refractivity (Wildman–Crippen MR) is 205 cm³/mol. The van der Waals surface area contributed by atoms with Gasteiger partial charge in [0.25, 0.3) is 5.91 Å². The molecule has 0 aliphatic carbocycles. The standard InChI is InChI=1S/C41H37Cl2N5O4/c42-35-18-15-30(37(43)25-35)21-22-45-40(50)41(26-33-9-4-5-10-34(33)27-46-48-44)38(31-13-11-29(12-14-31)28-7-2-1-3-8-28)52-39(47-41)32-16-19-36(20-17-32)51-24-6-23-49/h1-5,7-20,25,38,49H,6,21-24,26-27H2,(H,45,50)/t38-,41-/m1/s1. The molecule has 0 bridgehead atoms. The number of aliphatic imine (C=N–C) groups is 1. The van der Waals surface area contributed by atoms with Crippen LogP contribution in [-0.4, -0.2) is 42.2 Å². The third-order valence-electron chi connectivity index (χ3n) is 8.93. The summed E-state index contributed by atoms with van der Waals surface area (Å²) in [6.07, 6.45) is 0.330. The van der Waals surface area contributed by atoms with Crippen molar-refractivity contribution in [1.82, 2.24) is 5.32 Å². The Morgan fingerprint density at radius 3 is 2.29 bits per heavy atom. The average Bonchev–Trinajstić information content (AvgIpc) is 3.56. The van der Waals surface area contributed by atoms with Crippen LogP contribution < -0.4 is 10.1 Å². The Balaban J connectivity index is 1.41. The molecular formula is C41H37Cl2N5O4. The van der Waals surface area contributed by atoms with Crippen LogP contribution in [0.25, 0.3) is 21.6 Å². The van der Waals surface area contributed by atoms with Crippen molar-refractivity contribution in [1.29, 1.82) is 0 Å². The number of carbonyl (C=O) groups excluding carboxylic acids is 1. The lowest BCUT2D eigenvalue weighted by atomic mass is 9.80. The number of nitrogens with one attached hydrogen (secondary N) is 1. The molecule has 0 saturated heterocycles. The Labute approximate surface area is 312 Å². The maximum Gasteiger partial charge on any atom is 0.252 e. The topological polar surface area (TPSA) is 129 Å². The van der Waals surface area contributed by atoms with Crippen molar-refractivity contribution in [3.63, 3.8) is 0 Å². The number of rotatable bonds is 15. The van der Waals surface area contributed by atoms with E-state index in [1.165, 1.54) is 0 Å². The molecule has 264 valence electrons. The quantitative estimate of drug-likeness (QED) is 0.0481. The number of azide groups is 1. The summed E-state index contributed by atoms with van der Waals surface area (Å²) in [7, 11) is 0. The monoisotopic (exact) mass is 733 g/mol. The molecular weight excluding hydrogens is 697 g/mol. The molecule has 0 fully saturated rings. The summed E-state index contributed by atoms with van der Waals surface area (Å²) in [4.78, 5) is 22.9. The van der Waals surface area contributed by atoms with Gasteiger partial charge >= 0.3 is 0 Å². The van der Waals surface area contributed by atoms with Crippen molar-refractivity contribution >= 4 is 35.0 Å². The lowest BCUT2D eigenvalue weighted by Gasteiger charge is -2.31. The summed E-state index contributed by atoms with van der Waals surface area (Å²) < 4.78 is 12.5. The number of hydrogen-bond acceptors (Lipinski definition) is 6. The summed E-state index contributed by atoms with van der Waals surface area (Å²) in [5.74, 6) is 0.621. The Morgan fingerprint density at radius 2 is 1.58 bits per heavy atom. The number of aliphatic hydroxyl groups is 1. The summed E-state index contributed by atoms with van der Waals surface area (Å²) in [5, 5.41) is 17.2. The maximum absolute atomic E-state index is 14.8. The van der Waals surface area contributed by atoms with Crippen LogP contribution in [0.3, 0.4) is 0 Å². The molecule has 2 N–H and O–H groups in total. The van der Waals surface area contributed by atoms with Crippen LogP contribution in [0, 0.1) is 0 Å². The van der Waals surface area contributed by atoms with E-state index in [0.717, 1.165) is 33.4 Å². The van der Waals surface area contributed by atoms with Gasteiger partial charge in [-0.05, 0) is 81.7 Å². The third kappa shape index (κ3) is 8.58. The molecule has 9 nitrogen and oxygen atoms in total. The van der Waals surface area contributed by atoms with Gasteiger partial charge in [-0.1, -0.05) is 113 Å². The van der Waals surface area contributed by atoms with E-state index >= 15 is 0 Å². The first-order valence-electron chi connectivity index (χ1n) is 17.0.